The molecule has 4 rings (SSSR count). The van der Waals surface area contributed by atoms with Gasteiger partial charge in [0.2, 0.25) is 5.91 Å². The van der Waals surface area contributed by atoms with Gasteiger partial charge < -0.3 is 14.6 Å². The summed E-state index contributed by atoms with van der Waals surface area (Å²) in [5.74, 6) is -1.53. The van der Waals surface area contributed by atoms with Crippen molar-refractivity contribution in [2.45, 2.75) is 13.5 Å². The maximum Gasteiger partial charge on any atom is 0.277 e. The molecule has 0 saturated carbocycles. The van der Waals surface area contributed by atoms with Crippen LogP contribution in [-0.4, -0.2) is 26.7 Å². The predicted molar refractivity (Wildman–Crippen MR) is 111 cm³/mol. The number of carbonyl (C=O) groups is 1. The Morgan fingerprint density at radius 3 is 2.58 bits per heavy atom. The van der Waals surface area contributed by atoms with Crippen LogP contribution in [0.15, 0.2) is 65.7 Å². The van der Waals surface area contributed by atoms with Gasteiger partial charge >= 0.3 is 0 Å². The summed E-state index contributed by atoms with van der Waals surface area (Å²) in [5.41, 5.74) is 1.09. The summed E-state index contributed by atoms with van der Waals surface area (Å²) in [6, 6.07) is 11.8. The average molecular weight is 424 g/mol. The summed E-state index contributed by atoms with van der Waals surface area (Å²) in [5, 5.41) is 6.74. The lowest BCUT2D eigenvalue weighted by Gasteiger charge is -2.08. The number of anilines is 1. The molecule has 158 valence electrons. The summed E-state index contributed by atoms with van der Waals surface area (Å²) in [4.78, 5) is 25.0. The molecule has 0 aliphatic heterocycles. The Morgan fingerprint density at radius 2 is 1.87 bits per heavy atom. The zero-order chi connectivity index (χ0) is 22.0. The molecular weight excluding hydrogens is 406 g/mol. The fourth-order valence-corrected chi connectivity index (χ4v) is 3.12. The van der Waals surface area contributed by atoms with Crippen LogP contribution in [0.3, 0.4) is 0 Å². The maximum atomic E-state index is 13.7. The number of rotatable bonds is 6. The van der Waals surface area contributed by atoms with Gasteiger partial charge in [-0.25, -0.2) is 13.3 Å². The Bertz CT molecular complexity index is 1310. The zero-order valence-electron chi connectivity index (χ0n) is 16.5. The van der Waals surface area contributed by atoms with Crippen molar-refractivity contribution in [2.75, 3.05) is 11.9 Å². The van der Waals surface area contributed by atoms with Crippen molar-refractivity contribution in [2.24, 2.45) is 0 Å². The molecule has 2 aromatic carbocycles. The average Bonchev–Trinajstić information content (AvgIpc) is 3.18. The second-order valence-electron chi connectivity index (χ2n) is 6.72. The lowest BCUT2D eigenvalue weighted by Crippen LogP contribution is -2.28. The Labute approximate surface area is 175 Å². The second kappa shape index (κ2) is 8.39. The van der Waals surface area contributed by atoms with Crippen LogP contribution in [0, 0.1) is 11.6 Å². The van der Waals surface area contributed by atoms with E-state index in [0.29, 0.717) is 18.4 Å². The standard InChI is InChI=1S/C22H18F2N4O3/c1-2-31-16-6-3-14(4-7-16)19-12-20-22(30)27(9-10-28(20)26-19)13-21(29)25-18-8-5-15(23)11-17(18)24/h3-12H,2,13H2,1H3,(H,25,29). The summed E-state index contributed by atoms with van der Waals surface area (Å²) in [7, 11) is 0. The van der Waals surface area contributed by atoms with E-state index >= 15 is 0 Å². The van der Waals surface area contributed by atoms with E-state index < -0.39 is 23.1 Å². The molecule has 31 heavy (non-hydrogen) atoms. The lowest BCUT2D eigenvalue weighted by molar-refractivity contribution is -0.116. The quantitative estimate of drug-likeness (QED) is 0.514. The van der Waals surface area contributed by atoms with E-state index in [1.165, 1.54) is 15.3 Å². The number of hydrogen-bond donors (Lipinski definition) is 1. The van der Waals surface area contributed by atoms with Crippen LogP contribution in [0.25, 0.3) is 16.8 Å². The number of nitrogens with zero attached hydrogens (tertiary/aromatic N) is 3. The topological polar surface area (TPSA) is 77.6 Å². The number of ether oxygens (including phenoxy) is 1. The number of hydrogen-bond acceptors (Lipinski definition) is 4. The van der Waals surface area contributed by atoms with E-state index in [0.717, 1.165) is 23.4 Å². The van der Waals surface area contributed by atoms with Gasteiger partial charge in [0, 0.05) is 24.0 Å². The summed E-state index contributed by atoms with van der Waals surface area (Å²) < 4.78 is 34.8. The van der Waals surface area contributed by atoms with Crippen molar-refractivity contribution in [3.05, 3.63) is 82.9 Å². The van der Waals surface area contributed by atoms with Gasteiger partial charge in [0.05, 0.1) is 18.0 Å². The van der Waals surface area contributed by atoms with Gasteiger partial charge in [-0.2, -0.15) is 5.10 Å². The predicted octanol–water partition coefficient (Wildman–Crippen LogP) is 3.48. The number of aromatic nitrogens is 3. The molecule has 0 aliphatic rings. The fraction of sp³-hybridized carbons (Fsp3) is 0.136. The summed E-state index contributed by atoms with van der Waals surface area (Å²) in [6.07, 6.45) is 2.98. The molecule has 0 aliphatic carbocycles. The van der Waals surface area contributed by atoms with Crippen molar-refractivity contribution >= 4 is 17.1 Å². The Kier molecular flexibility index (Phi) is 5.48. The Hall–Kier alpha value is -4.01. The third kappa shape index (κ3) is 4.30. The number of amides is 1. The normalized spacial score (nSPS) is 10.9. The maximum absolute atomic E-state index is 13.7. The fourth-order valence-electron chi connectivity index (χ4n) is 3.12. The molecule has 0 unspecified atom stereocenters. The van der Waals surface area contributed by atoms with Gasteiger partial charge in [0.1, 0.15) is 29.4 Å². The van der Waals surface area contributed by atoms with Gasteiger partial charge in [-0.15, -0.1) is 0 Å². The molecule has 0 radical (unpaired) electrons. The largest absolute Gasteiger partial charge is 0.494 e. The van der Waals surface area contributed by atoms with E-state index in [2.05, 4.69) is 10.4 Å². The molecule has 1 amide bonds. The molecule has 0 fully saturated rings. The van der Waals surface area contributed by atoms with Crippen LogP contribution < -0.4 is 15.6 Å². The minimum Gasteiger partial charge on any atom is -0.494 e. The third-order valence-electron chi connectivity index (χ3n) is 4.58. The molecule has 1 N–H and O–H groups in total. The van der Waals surface area contributed by atoms with E-state index in [9.17, 15) is 18.4 Å². The minimum absolute atomic E-state index is 0.164. The summed E-state index contributed by atoms with van der Waals surface area (Å²) >= 11 is 0. The highest BCUT2D eigenvalue weighted by Gasteiger charge is 2.13. The van der Waals surface area contributed by atoms with E-state index in [-0.39, 0.29) is 17.7 Å². The molecule has 4 aromatic rings. The molecule has 0 atom stereocenters. The van der Waals surface area contributed by atoms with Crippen molar-refractivity contribution in [1.29, 1.82) is 0 Å². The molecule has 9 heteroatoms. The van der Waals surface area contributed by atoms with E-state index in [4.69, 9.17) is 4.74 Å². The SMILES string of the molecule is CCOc1ccc(-c2cc3c(=O)n(CC(=O)Nc4ccc(F)cc4F)ccn3n2)cc1. The molecule has 2 aromatic heterocycles. The van der Waals surface area contributed by atoms with Gasteiger partial charge in [-0.3, -0.25) is 9.59 Å². The number of benzene rings is 2. The Morgan fingerprint density at radius 1 is 1.10 bits per heavy atom. The van der Waals surface area contributed by atoms with Crippen LogP contribution in [0.4, 0.5) is 14.5 Å². The van der Waals surface area contributed by atoms with Crippen LogP contribution in [0.2, 0.25) is 0 Å². The highest BCUT2D eigenvalue weighted by atomic mass is 19.1. The molecular formula is C22H18F2N4O3. The van der Waals surface area contributed by atoms with Gasteiger partial charge in [-0.05, 0) is 49.4 Å². The van der Waals surface area contributed by atoms with Gasteiger partial charge in [-0.1, -0.05) is 0 Å². The third-order valence-corrected chi connectivity index (χ3v) is 4.58. The highest BCUT2D eigenvalue weighted by molar-refractivity contribution is 5.90. The molecule has 2 heterocycles. The van der Waals surface area contributed by atoms with Crippen LogP contribution in [0.1, 0.15) is 6.92 Å². The summed E-state index contributed by atoms with van der Waals surface area (Å²) in [6.45, 7) is 2.13. The van der Waals surface area contributed by atoms with E-state index in [1.54, 1.807) is 12.3 Å². The number of nitrogens with one attached hydrogen (secondary N) is 1. The molecule has 0 bridgehead atoms. The first-order valence-electron chi connectivity index (χ1n) is 9.51. The monoisotopic (exact) mass is 424 g/mol. The molecule has 0 spiro atoms. The van der Waals surface area contributed by atoms with E-state index in [1.807, 2.05) is 31.2 Å². The Balaban J connectivity index is 1.56. The first kappa shape index (κ1) is 20.3. The van der Waals surface area contributed by atoms with Crippen LogP contribution in [-0.2, 0) is 11.3 Å². The number of halogens is 2. The first-order chi connectivity index (χ1) is 14.9. The molecule has 7 nitrogen and oxygen atoms in total. The van der Waals surface area contributed by atoms with Crippen LogP contribution in [0.5, 0.6) is 5.75 Å². The minimum atomic E-state index is -0.896. The zero-order valence-corrected chi connectivity index (χ0v) is 16.5. The second-order valence-corrected chi connectivity index (χ2v) is 6.72. The lowest BCUT2D eigenvalue weighted by atomic mass is 10.1. The van der Waals surface area contributed by atoms with Gasteiger partial charge in [0.25, 0.3) is 5.56 Å². The van der Waals surface area contributed by atoms with Crippen molar-refractivity contribution in [1.82, 2.24) is 14.2 Å². The van der Waals surface area contributed by atoms with Crippen molar-refractivity contribution in [3.63, 3.8) is 0 Å². The van der Waals surface area contributed by atoms with Crippen molar-refractivity contribution in [3.8, 4) is 17.0 Å². The molecule has 0 saturated heterocycles. The smallest absolute Gasteiger partial charge is 0.277 e. The number of carbonyl (C=O) groups excluding carboxylic acids is 1. The van der Waals surface area contributed by atoms with Gasteiger partial charge in [0.15, 0.2) is 0 Å². The van der Waals surface area contributed by atoms with Crippen molar-refractivity contribution < 1.29 is 18.3 Å². The highest BCUT2D eigenvalue weighted by Crippen LogP contribution is 2.22. The number of fused-ring (bicyclic) bond motifs is 1. The van der Waals surface area contributed by atoms with Crippen LogP contribution >= 0.6 is 0 Å². The first-order valence-corrected chi connectivity index (χ1v) is 9.51.